The Kier molecular flexibility index (Phi) is 4.61. The van der Waals surface area contributed by atoms with E-state index in [1.807, 2.05) is 42.5 Å². The molecule has 1 saturated heterocycles. The molecule has 1 aromatic heterocycles. The van der Waals surface area contributed by atoms with Crippen LogP contribution in [0.3, 0.4) is 0 Å². The van der Waals surface area contributed by atoms with Gasteiger partial charge in [-0.15, -0.1) is 0 Å². The van der Waals surface area contributed by atoms with E-state index in [1.165, 1.54) is 22.2 Å². The summed E-state index contributed by atoms with van der Waals surface area (Å²) in [7, 11) is 1.71. The van der Waals surface area contributed by atoms with Gasteiger partial charge < -0.3 is 4.57 Å². The largest absolute Gasteiger partial charge is 0.342 e. The molecular formula is C20H15ClN2OS2. The fourth-order valence-corrected chi connectivity index (χ4v) is 4.29. The summed E-state index contributed by atoms with van der Waals surface area (Å²) in [6.07, 6.45) is 4.02. The summed E-state index contributed by atoms with van der Waals surface area (Å²) in [5.74, 6) is -0.0467. The van der Waals surface area contributed by atoms with Crippen molar-refractivity contribution >= 4 is 62.8 Å². The number of hydrogen-bond acceptors (Lipinski definition) is 3. The predicted octanol–water partition coefficient (Wildman–Crippen LogP) is 5.17. The zero-order valence-corrected chi connectivity index (χ0v) is 16.4. The lowest BCUT2D eigenvalue weighted by Gasteiger charge is -2.05. The number of amides is 1. The summed E-state index contributed by atoms with van der Waals surface area (Å²) >= 11 is 12.5. The third kappa shape index (κ3) is 3.18. The number of carbonyl (C=O) groups excluding carboxylic acids is 1. The fraction of sp³-hybridized carbons (Fsp3) is 0.100. The van der Waals surface area contributed by atoms with Crippen LogP contribution in [0, 0.1) is 0 Å². The minimum atomic E-state index is -0.0467. The third-order valence-electron chi connectivity index (χ3n) is 4.36. The average molecular weight is 399 g/mol. The van der Waals surface area contributed by atoms with E-state index < -0.39 is 0 Å². The summed E-state index contributed by atoms with van der Waals surface area (Å²) < 4.78 is 2.78. The van der Waals surface area contributed by atoms with Crippen LogP contribution >= 0.6 is 35.6 Å². The molecule has 0 N–H and O–H groups in total. The second-order valence-electron chi connectivity index (χ2n) is 6.10. The number of fused-ring (bicyclic) bond motifs is 1. The van der Waals surface area contributed by atoms with Gasteiger partial charge in [0.05, 0.1) is 4.91 Å². The first-order valence-electron chi connectivity index (χ1n) is 8.07. The molecule has 0 radical (unpaired) electrons. The lowest BCUT2D eigenvalue weighted by Crippen LogP contribution is -2.22. The van der Waals surface area contributed by atoms with Crippen LogP contribution in [0.5, 0.6) is 0 Å². The van der Waals surface area contributed by atoms with Gasteiger partial charge in [0.1, 0.15) is 4.32 Å². The van der Waals surface area contributed by atoms with Gasteiger partial charge in [-0.05, 0) is 29.8 Å². The van der Waals surface area contributed by atoms with E-state index in [-0.39, 0.29) is 5.91 Å². The van der Waals surface area contributed by atoms with Crippen molar-refractivity contribution in [2.45, 2.75) is 6.54 Å². The highest BCUT2D eigenvalue weighted by Gasteiger charge is 2.29. The standard InChI is InChI=1S/C20H15ClN2OS2/c1-22-19(24)18(26-20(22)25)10-14-12-23(17-5-3-2-4-16(14)17)11-13-6-8-15(21)9-7-13/h2-10,12H,11H2,1H3/b18-10-. The fourth-order valence-electron chi connectivity index (χ4n) is 2.99. The Hall–Kier alpha value is -2.08. The Morgan fingerprint density at radius 3 is 2.58 bits per heavy atom. The van der Waals surface area contributed by atoms with Gasteiger partial charge in [0, 0.05) is 41.3 Å². The monoisotopic (exact) mass is 398 g/mol. The number of nitrogens with zero attached hydrogens (tertiary/aromatic N) is 2. The maximum absolute atomic E-state index is 12.3. The zero-order chi connectivity index (χ0) is 18.3. The number of benzene rings is 2. The lowest BCUT2D eigenvalue weighted by atomic mass is 10.1. The molecule has 0 spiro atoms. The van der Waals surface area contributed by atoms with E-state index in [2.05, 4.69) is 22.9 Å². The summed E-state index contributed by atoms with van der Waals surface area (Å²) in [4.78, 5) is 14.5. The summed E-state index contributed by atoms with van der Waals surface area (Å²) in [5.41, 5.74) is 3.31. The SMILES string of the molecule is CN1C(=O)/C(=C/c2cn(Cc3ccc(Cl)cc3)c3ccccc23)SC1=S. The van der Waals surface area contributed by atoms with E-state index in [0.717, 1.165) is 28.0 Å². The normalized spacial score (nSPS) is 16.2. The van der Waals surface area contributed by atoms with Crippen molar-refractivity contribution in [1.29, 1.82) is 0 Å². The van der Waals surface area contributed by atoms with Crippen LogP contribution in [-0.2, 0) is 11.3 Å². The number of rotatable bonds is 3. The van der Waals surface area contributed by atoms with Gasteiger partial charge in [-0.1, -0.05) is 65.9 Å². The second kappa shape index (κ2) is 6.91. The van der Waals surface area contributed by atoms with Crippen LogP contribution < -0.4 is 0 Å². The molecule has 0 saturated carbocycles. The number of halogens is 1. The minimum absolute atomic E-state index is 0.0467. The topological polar surface area (TPSA) is 25.2 Å². The van der Waals surface area contributed by atoms with Crippen LogP contribution in [0.15, 0.2) is 59.6 Å². The number of thiocarbonyl (C=S) groups is 1. The number of para-hydroxylation sites is 1. The molecule has 3 nitrogen and oxygen atoms in total. The smallest absolute Gasteiger partial charge is 0.265 e. The molecule has 4 rings (SSSR count). The van der Waals surface area contributed by atoms with Gasteiger partial charge in [-0.25, -0.2) is 0 Å². The van der Waals surface area contributed by atoms with Gasteiger partial charge in [0.25, 0.3) is 5.91 Å². The van der Waals surface area contributed by atoms with Gasteiger partial charge in [0.2, 0.25) is 0 Å². The predicted molar refractivity (Wildman–Crippen MR) is 113 cm³/mol. The Balaban J connectivity index is 1.76. The Bertz CT molecular complexity index is 1050. The van der Waals surface area contributed by atoms with E-state index >= 15 is 0 Å². The highest BCUT2D eigenvalue weighted by Crippen LogP contribution is 2.33. The van der Waals surface area contributed by atoms with Crippen molar-refractivity contribution in [1.82, 2.24) is 9.47 Å². The van der Waals surface area contributed by atoms with E-state index in [9.17, 15) is 4.79 Å². The van der Waals surface area contributed by atoms with Crippen molar-refractivity contribution in [2.75, 3.05) is 7.05 Å². The highest BCUT2D eigenvalue weighted by molar-refractivity contribution is 8.26. The Morgan fingerprint density at radius 1 is 1.15 bits per heavy atom. The first kappa shape index (κ1) is 17.3. The second-order valence-corrected chi connectivity index (χ2v) is 8.21. The molecule has 26 heavy (non-hydrogen) atoms. The van der Waals surface area contributed by atoms with Crippen molar-refractivity contribution in [3.63, 3.8) is 0 Å². The molecule has 3 aromatic rings. The zero-order valence-electron chi connectivity index (χ0n) is 14.0. The third-order valence-corrected chi connectivity index (χ3v) is 6.10. The van der Waals surface area contributed by atoms with Crippen molar-refractivity contribution < 1.29 is 4.79 Å². The molecular weight excluding hydrogens is 384 g/mol. The number of thioether (sulfide) groups is 1. The van der Waals surface area contributed by atoms with E-state index in [4.69, 9.17) is 23.8 Å². The maximum Gasteiger partial charge on any atom is 0.265 e. The molecule has 1 amide bonds. The number of likely N-dealkylation sites (N-methyl/N-ethyl adjacent to an activating group) is 1. The highest BCUT2D eigenvalue weighted by atomic mass is 35.5. The molecule has 0 bridgehead atoms. The van der Waals surface area contributed by atoms with Crippen molar-refractivity contribution in [2.24, 2.45) is 0 Å². The molecule has 6 heteroatoms. The molecule has 130 valence electrons. The van der Waals surface area contributed by atoms with E-state index in [0.29, 0.717) is 9.23 Å². The van der Waals surface area contributed by atoms with Gasteiger partial charge in [-0.3, -0.25) is 9.69 Å². The molecule has 0 aliphatic carbocycles. The van der Waals surface area contributed by atoms with Crippen LogP contribution in [0.25, 0.3) is 17.0 Å². The van der Waals surface area contributed by atoms with Gasteiger partial charge in [-0.2, -0.15) is 0 Å². The first-order chi connectivity index (χ1) is 12.5. The summed E-state index contributed by atoms with van der Waals surface area (Å²) in [6.45, 7) is 0.736. The maximum atomic E-state index is 12.3. The molecule has 2 aromatic carbocycles. The molecule has 1 fully saturated rings. The van der Waals surface area contributed by atoms with Gasteiger partial charge in [0.15, 0.2) is 0 Å². The van der Waals surface area contributed by atoms with E-state index in [1.54, 1.807) is 7.05 Å². The lowest BCUT2D eigenvalue weighted by molar-refractivity contribution is -0.121. The molecule has 0 unspecified atom stereocenters. The van der Waals surface area contributed by atoms with Crippen LogP contribution in [0.1, 0.15) is 11.1 Å². The quantitative estimate of drug-likeness (QED) is 0.449. The van der Waals surface area contributed by atoms with Gasteiger partial charge >= 0.3 is 0 Å². The molecule has 1 aliphatic heterocycles. The minimum Gasteiger partial charge on any atom is -0.342 e. The van der Waals surface area contributed by atoms with Crippen molar-refractivity contribution in [3.8, 4) is 0 Å². The Labute approximate surface area is 166 Å². The summed E-state index contributed by atoms with van der Waals surface area (Å²) in [6, 6.07) is 16.1. The Morgan fingerprint density at radius 2 is 1.88 bits per heavy atom. The summed E-state index contributed by atoms with van der Waals surface area (Å²) in [5, 5.41) is 1.84. The number of hydrogen-bond donors (Lipinski definition) is 0. The van der Waals surface area contributed by atoms with Crippen molar-refractivity contribution in [3.05, 3.63) is 75.8 Å². The van der Waals surface area contributed by atoms with Crippen LogP contribution in [-0.4, -0.2) is 26.7 Å². The number of aromatic nitrogens is 1. The first-order valence-corrected chi connectivity index (χ1v) is 9.67. The molecule has 1 aliphatic rings. The average Bonchev–Trinajstić information content (AvgIpc) is 3.10. The van der Waals surface area contributed by atoms with Crippen LogP contribution in [0.4, 0.5) is 0 Å². The molecule has 0 atom stereocenters. The molecule has 2 heterocycles. The number of carbonyl (C=O) groups is 1. The van der Waals surface area contributed by atoms with Crippen LogP contribution in [0.2, 0.25) is 5.02 Å².